The topological polar surface area (TPSA) is 70.5 Å². The predicted molar refractivity (Wildman–Crippen MR) is 76.0 cm³/mol. The molecule has 0 amide bonds. The summed E-state index contributed by atoms with van der Waals surface area (Å²) in [5.41, 5.74) is 12.2. The SMILES string of the molecule is CC1(C)OB(c2ccc(N)c(N)c2Cl)OC1(C)C. The number of hydrogen-bond donors (Lipinski definition) is 2. The van der Waals surface area contributed by atoms with Gasteiger partial charge in [0.05, 0.1) is 27.6 Å². The fraction of sp³-hybridized carbons (Fsp3) is 0.500. The molecule has 1 fully saturated rings. The van der Waals surface area contributed by atoms with Crippen LogP contribution in [0.1, 0.15) is 27.7 Å². The largest absolute Gasteiger partial charge is 0.496 e. The highest BCUT2D eigenvalue weighted by atomic mass is 35.5. The van der Waals surface area contributed by atoms with E-state index in [0.29, 0.717) is 21.9 Å². The van der Waals surface area contributed by atoms with Crippen LogP contribution in [-0.4, -0.2) is 18.3 Å². The maximum atomic E-state index is 6.20. The zero-order valence-corrected chi connectivity index (χ0v) is 11.8. The molecule has 0 spiro atoms. The van der Waals surface area contributed by atoms with Gasteiger partial charge in [-0.3, -0.25) is 0 Å². The molecule has 18 heavy (non-hydrogen) atoms. The molecule has 6 heteroatoms. The summed E-state index contributed by atoms with van der Waals surface area (Å²) in [7, 11) is -0.523. The Morgan fingerprint density at radius 2 is 1.56 bits per heavy atom. The molecule has 1 aromatic carbocycles. The van der Waals surface area contributed by atoms with Crippen molar-refractivity contribution in [1.82, 2.24) is 0 Å². The first-order valence-corrected chi connectivity index (χ1v) is 6.22. The second-order valence-electron chi connectivity index (χ2n) is 5.56. The van der Waals surface area contributed by atoms with Crippen molar-refractivity contribution >= 4 is 35.6 Å². The summed E-state index contributed by atoms with van der Waals surface area (Å²) in [5, 5.41) is 0.397. The van der Waals surface area contributed by atoms with Gasteiger partial charge in [-0.15, -0.1) is 0 Å². The normalized spacial score (nSPS) is 21.3. The molecule has 0 atom stereocenters. The van der Waals surface area contributed by atoms with Crippen molar-refractivity contribution in [2.45, 2.75) is 38.9 Å². The van der Waals surface area contributed by atoms with Crippen LogP contribution in [0.5, 0.6) is 0 Å². The quantitative estimate of drug-likeness (QED) is 0.602. The lowest BCUT2D eigenvalue weighted by molar-refractivity contribution is 0.00578. The van der Waals surface area contributed by atoms with Crippen molar-refractivity contribution in [3.05, 3.63) is 17.2 Å². The van der Waals surface area contributed by atoms with Gasteiger partial charge in [0.15, 0.2) is 0 Å². The van der Waals surface area contributed by atoms with E-state index in [-0.39, 0.29) is 0 Å². The lowest BCUT2D eigenvalue weighted by Gasteiger charge is -2.32. The van der Waals surface area contributed by atoms with Crippen molar-refractivity contribution in [3.8, 4) is 0 Å². The van der Waals surface area contributed by atoms with Crippen LogP contribution in [0.15, 0.2) is 12.1 Å². The van der Waals surface area contributed by atoms with E-state index in [0.717, 1.165) is 0 Å². The lowest BCUT2D eigenvalue weighted by Crippen LogP contribution is -2.41. The molecule has 0 aliphatic carbocycles. The Labute approximate surface area is 113 Å². The van der Waals surface area contributed by atoms with Crippen molar-refractivity contribution in [3.63, 3.8) is 0 Å². The van der Waals surface area contributed by atoms with E-state index >= 15 is 0 Å². The van der Waals surface area contributed by atoms with Crippen LogP contribution in [0.3, 0.4) is 0 Å². The van der Waals surface area contributed by atoms with Crippen LogP contribution in [0.4, 0.5) is 11.4 Å². The minimum Gasteiger partial charge on any atom is -0.399 e. The highest BCUT2D eigenvalue weighted by Crippen LogP contribution is 2.37. The predicted octanol–water partition coefficient (Wildman–Crippen LogP) is 1.80. The first kappa shape index (κ1) is 13.5. The van der Waals surface area contributed by atoms with E-state index in [9.17, 15) is 0 Å². The lowest BCUT2D eigenvalue weighted by atomic mass is 9.78. The number of rotatable bonds is 1. The molecule has 2 rings (SSSR count). The number of anilines is 2. The third kappa shape index (κ3) is 1.96. The number of hydrogen-bond acceptors (Lipinski definition) is 4. The average molecular weight is 269 g/mol. The highest BCUT2D eigenvalue weighted by molar-refractivity contribution is 6.66. The first-order chi connectivity index (χ1) is 8.16. The average Bonchev–Trinajstić information content (AvgIpc) is 2.45. The molecule has 0 unspecified atom stereocenters. The molecular formula is C12H18BClN2O2. The zero-order chi connectivity index (χ0) is 13.7. The molecule has 1 aliphatic heterocycles. The Hall–Kier alpha value is -0.905. The van der Waals surface area contributed by atoms with Crippen LogP contribution in [0, 0.1) is 0 Å². The van der Waals surface area contributed by atoms with Gasteiger partial charge in [-0.05, 0) is 33.8 Å². The van der Waals surface area contributed by atoms with Gasteiger partial charge in [-0.2, -0.15) is 0 Å². The molecule has 0 radical (unpaired) electrons. The van der Waals surface area contributed by atoms with Crippen molar-refractivity contribution in [2.75, 3.05) is 11.5 Å². The molecule has 0 bridgehead atoms. The van der Waals surface area contributed by atoms with Gasteiger partial charge in [-0.25, -0.2) is 0 Å². The number of nitrogens with two attached hydrogens (primary N) is 2. The van der Waals surface area contributed by atoms with Gasteiger partial charge < -0.3 is 20.8 Å². The Morgan fingerprint density at radius 3 is 2.06 bits per heavy atom. The standard InChI is InChI=1S/C12H18BClN2O2/c1-11(2)12(3,4)18-13(17-11)7-5-6-8(15)10(16)9(7)14/h5-6H,15-16H2,1-4H3. The van der Waals surface area contributed by atoms with Crippen LogP contribution in [0.2, 0.25) is 5.02 Å². The summed E-state index contributed by atoms with van der Waals surface area (Å²) in [5.74, 6) is 0. The van der Waals surface area contributed by atoms with Crippen LogP contribution in [-0.2, 0) is 9.31 Å². The van der Waals surface area contributed by atoms with Crippen LogP contribution < -0.4 is 16.9 Å². The van der Waals surface area contributed by atoms with Gasteiger partial charge in [0, 0.05) is 5.46 Å². The van der Waals surface area contributed by atoms with Crippen LogP contribution in [0.25, 0.3) is 0 Å². The van der Waals surface area contributed by atoms with Gasteiger partial charge in [0.25, 0.3) is 0 Å². The Morgan fingerprint density at radius 1 is 1.06 bits per heavy atom. The Bertz CT molecular complexity index is 475. The monoisotopic (exact) mass is 268 g/mol. The van der Waals surface area contributed by atoms with E-state index in [1.54, 1.807) is 12.1 Å². The van der Waals surface area contributed by atoms with E-state index in [1.807, 2.05) is 27.7 Å². The van der Waals surface area contributed by atoms with E-state index in [1.165, 1.54) is 0 Å². The van der Waals surface area contributed by atoms with Gasteiger partial charge >= 0.3 is 7.12 Å². The Balaban J connectivity index is 2.39. The minimum absolute atomic E-state index is 0.365. The second-order valence-corrected chi connectivity index (χ2v) is 5.94. The van der Waals surface area contributed by atoms with Crippen molar-refractivity contribution in [2.24, 2.45) is 0 Å². The smallest absolute Gasteiger partial charge is 0.399 e. The summed E-state index contributed by atoms with van der Waals surface area (Å²) in [6.45, 7) is 7.95. The molecule has 0 saturated carbocycles. The third-order valence-electron chi connectivity index (χ3n) is 3.75. The fourth-order valence-corrected chi connectivity index (χ4v) is 2.04. The molecule has 4 nitrogen and oxygen atoms in total. The van der Waals surface area contributed by atoms with Crippen LogP contribution >= 0.6 is 11.6 Å². The van der Waals surface area contributed by atoms with E-state index < -0.39 is 18.3 Å². The van der Waals surface area contributed by atoms with Gasteiger partial charge in [0.2, 0.25) is 0 Å². The third-order valence-corrected chi connectivity index (χ3v) is 4.17. The molecule has 1 saturated heterocycles. The molecule has 98 valence electrons. The van der Waals surface area contributed by atoms with E-state index in [2.05, 4.69) is 0 Å². The summed E-state index contributed by atoms with van der Waals surface area (Å²) >= 11 is 6.20. The van der Waals surface area contributed by atoms with Crippen molar-refractivity contribution < 1.29 is 9.31 Å². The minimum atomic E-state index is -0.523. The highest BCUT2D eigenvalue weighted by Gasteiger charge is 2.52. The maximum Gasteiger partial charge on any atom is 0.496 e. The summed E-state index contributed by atoms with van der Waals surface area (Å²) in [4.78, 5) is 0. The molecule has 1 aliphatic rings. The van der Waals surface area contributed by atoms with E-state index in [4.69, 9.17) is 32.4 Å². The summed E-state index contributed by atoms with van der Waals surface area (Å²) < 4.78 is 11.8. The Kier molecular flexibility index (Phi) is 3.04. The summed E-state index contributed by atoms with van der Waals surface area (Å²) in [6.07, 6.45) is 0. The first-order valence-electron chi connectivity index (χ1n) is 5.85. The fourth-order valence-electron chi connectivity index (χ4n) is 1.78. The molecule has 1 heterocycles. The second kappa shape index (κ2) is 4.05. The number of benzene rings is 1. The molecule has 0 aromatic heterocycles. The molecule has 1 aromatic rings. The van der Waals surface area contributed by atoms with Gasteiger partial charge in [-0.1, -0.05) is 17.7 Å². The number of nitrogen functional groups attached to an aromatic ring is 2. The number of halogens is 1. The molecular weight excluding hydrogens is 250 g/mol. The van der Waals surface area contributed by atoms with Gasteiger partial charge in [0.1, 0.15) is 0 Å². The molecule has 4 N–H and O–H groups in total. The van der Waals surface area contributed by atoms with Crippen molar-refractivity contribution in [1.29, 1.82) is 0 Å². The maximum absolute atomic E-state index is 6.20. The summed E-state index contributed by atoms with van der Waals surface area (Å²) in [6, 6.07) is 3.50. The zero-order valence-electron chi connectivity index (χ0n) is 11.1.